The van der Waals surface area contributed by atoms with Crippen molar-refractivity contribution in [3.63, 3.8) is 0 Å². The normalized spacial score (nSPS) is 18.8. The van der Waals surface area contributed by atoms with Crippen LogP contribution in [0.5, 0.6) is 0 Å². The van der Waals surface area contributed by atoms with Gasteiger partial charge in [-0.05, 0) is 56.9 Å². The molecule has 2 nitrogen and oxygen atoms in total. The molecule has 0 aromatic heterocycles. The highest BCUT2D eigenvalue weighted by atomic mass is 32.4. The Labute approximate surface area is 202 Å². The molecule has 0 amide bonds. The Hall–Kier alpha value is -2.87. The minimum atomic E-state index is -2.26. The van der Waals surface area contributed by atoms with Crippen molar-refractivity contribution < 1.29 is 0 Å². The Morgan fingerprint density at radius 3 is 1.52 bits per heavy atom. The Morgan fingerprint density at radius 1 is 0.606 bits per heavy atom. The molecule has 0 unspecified atom stereocenters. The van der Waals surface area contributed by atoms with E-state index in [2.05, 4.69) is 135 Å². The molecule has 0 spiro atoms. The van der Waals surface area contributed by atoms with Gasteiger partial charge in [-0.3, -0.25) is 0 Å². The van der Waals surface area contributed by atoms with Crippen molar-refractivity contribution in [2.75, 3.05) is 38.0 Å². The smallest absolute Gasteiger partial charge is 0.0387 e. The van der Waals surface area contributed by atoms with Crippen molar-refractivity contribution >= 4 is 45.1 Å². The minimum absolute atomic E-state index is 0.170. The second-order valence-electron chi connectivity index (χ2n) is 9.06. The van der Waals surface area contributed by atoms with Gasteiger partial charge in [0, 0.05) is 51.5 Å². The van der Waals surface area contributed by atoms with Crippen LogP contribution >= 0.6 is 6.04 Å². The third kappa shape index (κ3) is 3.60. The second kappa shape index (κ2) is 8.48. The highest BCUT2D eigenvalue weighted by molar-refractivity contribution is 8.25. The van der Waals surface area contributed by atoms with E-state index in [-0.39, 0.29) is 5.92 Å². The molecule has 0 saturated carbocycles. The Balaban J connectivity index is 1.90. The lowest BCUT2D eigenvalue weighted by molar-refractivity contribution is 0.985. The average Bonchev–Trinajstić information content (AvgIpc) is 2.85. The van der Waals surface area contributed by atoms with E-state index in [0.29, 0.717) is 0 Å². The zero-order chi connectivity index (χ0) is 23.2. The molecular weight excluding hydrogens is 439 g/mol. The lowest BCUT2D eigenvalue weighted by Crippen LogP contribution is -2.37. The average molecular weight is 469 g/mol. The molecule has 4 aromatic carbocycles. The number of fused-ring (bicyclic) bond motifs is 2. The molecule has 0 atom stereocenters. The predicted octanol–water partition coefficient (Wildman–Crippen LogP) is 5.07. The van der Waals surface area contributed by atoms with E-state index >= 15 is 0 Å². The Bertz CT molecular complexity index is 1280. The lowest BCUT2D eigenvalue weighted by atomic mass is 9.84. The maximum Gasteiger partial charge on any atom is 0.0387 e. The molecule has 0 radical (unpaired) electrons. The van der Waals surface area contributed by atoms with Crippen LogP contribution in [-0.4, -0.2) is 28.2 Å². The first-order valence-corrected chi connectivity index (χ1v) is 14.1. The lowest BCUT2D eigenvalue weighted by Gasteiger charge is -2.38. The summed E-state index contributed by atoms with van der Waals surface area (Å²) in [5.74, 6) is 0.170. The molecule has 0 aliphatic carbocycles. The summed E-state index contributed by atoms with van der Waals surface area (Å²) in [6.07, 6.45) is 0. The first-order valence-electron chi connectivity index (χ1n) is 11.3. The van der Waals surface area contributed by atoms with Crippen LogP contribution in [0, 0.1) is 0 Å². The van der Waals surface area contributed by atoms with Gasteiger partial charge in [0.25, 0.3) is 0 Å². The van der Waals surface area contributed by atoms with Crippen LogP contribution < -0.4 is 25.7 Å². The van der Waals surface area contributed by atoms with Gasteiger partial charge in [0.05, 0.1) is 0 Å². The summed E-state index contributed by atoms with van der Waals surface area (Å²) in [5, 5.41) is 3.88. The van der Waals surface area contributed by atoms with Crippen LogP contribution in [0.4, 0.5) is 11.4 Å². The Morgan fingerprint density at radius 2 is 1.06 bits per heavy atom. The fourth-order valence-corrected chi connectivity index (χ4v) is 9.36. The van der Waals surface area contributed by atoms with E-state index in [1.165, 1.54) is 44.0 Å². The van der Waals surface area contributed by atoms with Crippen molar-refractivity contribution in [1.82, 2.24) is 0 Å². The number of hydrogen-bond donors (Lipinski definition) is 0. The van der Waals surface area contributed by atoms with Gasteiger partial charge in [-0.25, -0.2) is 0 Å². The molecule has 0 bridgehead atoms. The Kier molecular flexibility index (Phi) is 5.64. The molecular formula is C29H29N2PS. The third-order valence-electron chi connectivity index (χ3n) is 6.61. The maximum absolute atomic E-state index is 6.80. The fourth-order valence-electron chi connectivity index (χ4n) is 4.87. The van der Waals surface area contributed by atoms with E-state index in [4.69, 9.17) is 11.8 Å². The summed E-state index contributed by atoms with van der Waals surface area (Å²) >= 11 is 6.80. The van der Waals surface area contributed by atoms with Crippen molar-refractivity contribution in [2.45, 2.75) is 5.92 Å². The summed E-state index contributed by atoms with van der Waals surface area (Å²) in [7, 11) is 8.40. The van der Waals surface area contributed by atoms with E-state index in [0.717, 1.165) is 0 Å². The zero-order valence-corrected chi connectivity index (χ0v) is 21.3. The van der Waals surface area contributed by atoms with E-state index in [1.54, 1.807) is 0 Å². The standard InChI is InChI=1S/C29H29N2PS/c1-30(2)22-15-17-25-27(19-22)32(33,24-13-9-6-10-14-24)28-20-23(31(3)4)16-18-26(28)29(25)21-11-7-5-8-12-21/h5-20,29H,1-4H3. The molecule has 5 rings (SSSR count). The molecule has 0 saturated heterocycles. The number of rotatable bonds is 4. The summed E-state index contributed by atoms with van der Waals surface area (Å²) in [6.45, 7) is 0. The van der Waals surface area contributed by atoms with Crippen molar-refractivity contribution in [3.05, 3.63) is 114 Å². The van der Waals surface area contributed by atoms with E-state index < -0.39 is 6.04 Å². The van der Waals surface area contributed by atoms with Gasteiger partial charge in [0.1, 0.15) is 0 Å². The first-order chi connectivity index (χ1) is 15.9. The number of benzene rings is 4. The van der Waals surface area contributed by atoms with Crippen molar-refractivity contribution in [1.29, 1.82) is 0 Å². The molecule has 0 fully saturated rings. The summed E-state index contributed by atoms with van der Waals surface area (Å²) < 4.78 is 0. The number of nitrogens with zero attached hydrogens (tertiary/aromatic N) is 2. The van der Waals surface area contributed by atoms with Crippen molar-refractivity contribution in [2.24, 2.45) is 0 Å². The number of anilines is 2. The summed E-state index contributed by atoms with van der Waals surface area (Å²) in [5.41, 5.74) is 6.37. The second-order valence-corrected chi connectivity index (χ2v) is 13.4. The molecule has 1 heterocycles. The molecule has 33 heavy (non-hydrogen) atoms. The molecule has 4 aromatic rings. The van der Waals surface area contributed by atoms with Gasteiger partial charge in [0.15, 0.2) is 0 Å². The highest BCUT2D eigenvalue weighted by Crippen LogP contribution is 2.53. The van der Waals surface area contributed by atoms with Gasteiger partial charge in [0.2, 0.25) is 0 Å². The van der Waals surface area contributed by atoms with Gasteiger partial charge in [-0.2, -0.15) is 0 Å². The first kappa shape index (κ1) is 21.9. The van der Waals surface area contributed by atoms with Crippen LogP contribution in [0.3, 0.4) is 0 Å². The number of hydrogen-bond acceptors (Lipinski definition) is 3. The van der Waals surface area contributed by atoms with Gasteiger partial charge in [-0.15, -0.1) is 0 Å². The fraction of sp³-hybridized carbons (Fsp3) is 0.172. The minimum Gasteiger partial charge on any atom is -0.378 e. The molecule has 4 heteroatoms. The largest absolute Gasteiger partial charge is 0.378 e. The monoisotopic (exact) mass is 468 g/mol. The SMILES string of the molecule is CN(C)c1ccc2c(c1)P(=S)(c1ccccc1)c1cc(N(C)C)ccc1C2c1ccccc1. The molecule has 166 valence electrons. The quantitative estimate of drug-likeness (QED) is 0.340. The maximum atomic E-state index is 6.80. The van der Waals surface area contributed by atoms with Gasteiger partial charge >= 0.3 is 0 Å². The van der Waals surface area contributed by atoms with Crippen LogP contribution in [-0.2, 0) is 11.8 Å². The van der Waals surface area contributed by atoms with Crippen LogP contribution in [0.25, 0.3) is 0 Å². The van der Waals surface area contributed by atoms with Crippen LogP contribution in [0.15, 0.2) is 97.1 Å². The zero-order valence-electron chi connectivity index (χ0n) is 19.6. The molecule has 1 aliphatic heterocycles. The van der Waals surface area contributed by atoms with Crippen molar-refractivity contribution in [3.8, 4) is 0 Å². The van der Waals surface area contributed by atoms with Crippen LogP contribution in [0.1, 0.15) is 22.6 Å². The summed E-state index contributed by atoms with van der Waals surface area (Å²) in [4.78, 5) is 4.35. The topological polar surface area (TPSA) is 6.48 Å². The molecule has 0 N–H and O–H groups in total. The summed E-state index contributed by atoms with van der Waals surface area (Å²) in [6, 6.07) is 33.2. The molecule has 1 aliphatic rings. The van der Waals surface area contributed by atoms with Gasteiger partial charge in [-0.1, -0.05) is 84.6 Å². The van der Waals surface area contributed by atoms with Crippen LogP contribution in [0.2, 0.25) is 0 Å². The van der Waals surface area contributed by atoms with Gasteiger partial charge < -0.3 is 9.80 Å². The predicted molar refractivity (Wildman–Crippen MR) is 149 cm³/mol. The van der Waals surface area contributed by atoms with E-state index in [1.807, 2.05) is 0 Å². The van der Waals surface area contributed by atoms with E-state index in [9.17, 15) is 0 Å². The third-order valence-corrected chi connectivity index (χ3v) is 11.6. The highest BCUT2D eigenvalue weighted by Gasteiger charge is 2.39.